The highest BCUT2D eigenvalue weighted by Crippen LogP contribution is 2.33. The Labute approximate surface area is 244 Å². The molecule has 0 radical (unpaired) electrons. The Morgan fingerprint density at radius 1 is 0.976 bits per heavy atom. The van der Waals surface area contributed by atoms with Gasteiger partial charge in [0.15, 0.2) is 16.6 Å². The molecule has 214 valence electrons. The van der Waals surface area contributed by atoms with Crippen LogP contribution < -0.4 is 9.80 Å². The zero-order chi connectivity index (χ0) is 29.0. The second-order valence-electron chi connectivity index (χ2n) is 9.52. The molecule has 41 heavy (non-hydrogen) atoms. The third-order valence-electron chi connectivity index (χ3n) is 6.60. The molecule has 2 aromatic carbocycles. The minimum atomic E-state index is -4.63. The van der Waals surface area contributed by atoms with Crippen molar-refractivity contribution in [3.05, 3.63) is 101 Å². The fourth-order valence-electron chi connectivity index (χ4n) is 4.49. The number of hydrogen-bond donors (Lipinski definition) is 0. The molecule has 0 spiro atoms. The van der Waals surface area contributed by atoms with Gasteiger partial charge in [-0.05, 0) is 29.8 Å². The molecule has 0 bridgehead atoms. The number of carbonyl (C=O) groups is 1. The van der Waals surface area contributed by atoms with Crippen LogP contribution in [0.5, 0.6) is 0 Å². The molecule has 1 saturated heterocycles. The first-order valence-corrected chi connectivity index (χ1v) is 14.3. The fraction of sp³-hybridized carbons (Fsp3) is 0.276. The number of rotatable bonds is 8. The maximum absolute atomic E-state index is 13.7. The number of aromatic nitrogens is 2. The van der Waals surface area contributed by atoms with Gasteiger partial charge >= 0.3 is 6.18 Å². The first-order chi connectivity index (χ1) is 19.7. The number of para-hydroxylation sites is 1. The number of carbonyl (C=O) groups excluding carboxylic acids is 1. The molecule has 0 unspecified atom stereocenters. The predicted molar refractivity (Wildman–Crippen MR) is 153 cm³/mol. The van der Waals surface area contributed by atoms with Gasteiger partial charge in [0.05, 0.1) is 16.5 Å². The number of halogens is 4. The van der Waals surface area contributed by atoms with E-state index in [0.717, 1.165) is 29.1 Å². The smallest absolute Gasteiger partial charge is 0.433 e. The summed E-state index contributed by atoms with van der Waals surface area (Å²) in [6.07, 6.45) is -4.63. The van der Waals surface area contributed by atoms with E-state index in [4.69, 9.17) is 16.0 Å². The molecule has 1 amide bonds. The topological polar surface area (TPSA) is 65.7 Å². The molecule has 0 aliphatic carbocycles. The van der Waals surface area contributed by atoms with E-state index in [1.165, 1.54) is 0 Å². The second kappa shape index (κ2) is 12.4. The molecule has 7 nitrogen and oxygen atoms in total. The summed E-state index contributed by atoms with van der Waals surface area (Å²) in [7, 11) is 1.68. The van der Waals surface area contributed by atoms with Crippen molar-refractivity contribution in [3.63, 3.8) is 0 Å². The highest BCUT2D eigenvalue weighted by atomic mass is 35.5. The summed E-state index contributed by atoms with van der Waals surface area (Å²) in [5.41, 5.74) is 0.871. The zero-order valence-corrected chi connectivity index (χ0v) is 23.7. The standard InChI is InChI=1S/C29H27ClF3N5O2S/c1-36(18-20-7-3-2-4-8-20)27(39)24-12-11-21(40-24)19-41-28-34-25(29(31,32)33)17-26(35-28)38-15-13-37(14-16-38)23-10-6-5-9-22(23)30/h2-12,17H,13-16,18-19H2,1H3. The second-order valence-corrected chi connectivity index (χ2v) is 10.9. The minimum Gasteiger partial charge on any atom is -0.455 e. The van der Waals surface area contributed by atoms with Crippen LogP contribution in [0.4, 0.5) is 24.7 Å². The van der Waals surface area contributed by atoms with Crippen molar-refractivity contribution in [2.24, 2.45) is 0 Å². The summed E-state index contributed by atoms with van der Waals surface area (Å²) in [5.74, 6) is 0.671. The number of alkyl halides is 3. The minimum absolute atomic E-state index is 0.0196. The maximum atomic E-state index is 13.7. The Morgan fingerprint density at radius 3 is 2.37 bits per heavy atom. The van der Waals surface area contributed by atoms with E-state index >= 15 is 0 Å². The molecular formula is C29H27ClF3N5O2S. The molecule has 1 aliphatic rings. The van der Waals surface area contributed by atoms with E-state index in [9.17, 15) is 18.0 Å². The number of thioether (sulfide) groups is 1. The summed E-state index contributed by atoms with van der Waals surface area (Å²) in [5, 5.41) is 0.612. The highest BCUT2D eigenvalue weighted by Gasteiger charge is 2.35. The molecule has 1 fully saturated rings. The lowest BCUT2D eigenvalue weighted by atomic mass is 10.2. The Balaban J connectivity index is 1.25. The van der Waals surface area contributed by atoms with Crippen LogP contribution in [0.2, 0.25) is 5.02 Å². The molecule has 3 heterocycles. The summed E-state index contributed by atoms with van der Waals surface area (Å²) >= 11 is 7.34. The molecule has 4 aromatic rings. The SMILES string of the molecule is CN(Cc1ccccc1)C(=O)c1ccc(CSc2nc(N3CCN(c4ccccc4Cl)CC3)cc(C(F)(F)F)n2)o1. The molecular weight excluding hydrogens is 575 g/mol. The Hall–Kier alpha value is -3.70. The predicted octanol–water partition coefficient (Wildman–Crippen LogP) is 6.63. The van der Waals surface area contributed by atoms with E-state index in [1.807, 2.05) is 59.5 Å². The number of nitrogens with zero attached hydrogens (tertiary/aromatic N) is 5. The van der Waals surface area contributed by atoms with Gasteiger partial charge in [0.25, 0.3) is 5.91 Å². The quantitative estimate of drug-likeness (QED) is 0.166. The van der Waals surface area contributed by atoms with Crippen molar-refractivity contribution in [2.75, 3.05) is 43.0 Å². The first-order valence-electron chi connectivity index (χ1n) is 12.9. The molecule has 1 aliphatic heterocycles. The van der Waals surface area contributed by atoms with Crippen molar-refractivity contribution in [1.29, 1.82) is 0 Å². The Bertz CT molecular complexity index is 1490. The van der Waals surface area contributed by atoms with Crippen LogP contribution in [0.3, 0.4) is 0 Å². The Morgan fingerprint density at radius 2 is 1.66 bits per heavy atom. The highest BCUT2D eigenvalue weighted by molar-refractivity contribution is 7.98. The van der Waals surface area contributed by atoms with Crippen molar-refractivity contribution in [1.82, 2.24) is 14.9 Å². The zero-order valence-electron chi connectivity index (χ0n) is 22.1. The maximum Gasteiger partial charge on any atom is 0.433 e. The summed E-state index contributed by atoms with van der Waals surface area (Å²) in [4.78, 5) is 26.5. The number of piperazine rings is 1. The molecule has 12 heteroatoms. The van der Waals surface area contributed by atoms with E-state index in [0.29, 0.717) is 43.5 Å². The number of furan rings is 1. The van der Waals surface area contributed by atoms with Crippen molar-refractivity contribution in [3.8, 4) is 0 Å². The lowest BCUT2D eigenvalue weighted by Crippen LogP contribution is -2.47. The van der Waals surface area contributed by atoms with Crippen molar-refractivity contribution in [2.45, 2.75) is 23.6 Å². The molecule has 0 N–H and O–H groups in total. The van der Waals surface area contributed by atoms with Gasteiger partial charge in [0.2, 0.25) is 0 Å². The van der Waals surface area contributed by atoms with Crippen LogP contribution in [0.1, 0.15) is 27.6 Å². The van der Waals surface area contributed by atoms with Gasteiger partial charge < -0.3 is 19.1 Å². The molecule has 2 aromatic heterocycles. The van der Waals surface area contributed by atoms with Crippen LogP contribution >= 0.6 is 23.4 Å². The van der Waals surface area contributed by atoms with Gasteiger partial charge in [0.1, 0.15) is 11.6 Å². The lowest BCUT2D eigenvalue weighted by Gasteiger charge is -2.37. The summed E-state index contributed by atoms with van der Waals surface area (Å²) in [6.45, 7) is 2.53. The van der Waals surface area contributed by atoms with Crippen LogP contribution in [0, 0.1) is 0 Å². The fourth-order valence-corrected chi connectivity index (χ4v) is 5.50. The molecule has 0 atom stereocenters. The van der Waals surface area contributed by atoms with E-state index in [-0.39, 0.29) is 28.4 Å². The molecule has 5 rings (SSSR count). The number of anilines is 2. The van der Waals surface area contributed by atoms with Gasteiger partial charge in [-0.2, -0.15) is 13.2 Å². The average molecular weight is 602 g/mol. The van der Waals surface area contributed by atoms with Gasteiger partial charge in [-0.1, -0.05) is 65.8 Å². The van der Waals surface area contributed by atoms with Crippen LogP contribution in [-0.2, 0) is 18.5 Å². The van der Waals surface area contributed by atoms with E-state index in [1.54, 1.807) is 24.1 Å². The van der Waals surface area contributed by atoms with Gasteiger partial charge in [0, 0.05) is 45.8 Å². The monoisotopic (exact) mass is 601 g/mol. The van der Waals surface area contributed by atoms with Crippen LogP contribution in [-0.4, -0.2) is 54.0 Å². The van der Waals surface area contributed by atoms with Crippen molar-refractivity contribution < 1.29 is 22.4 Å². The van der Waals surface area contributed by atoms with E-state index < -0.39 is 11.9 Å². The van der Waals surface area contributed by atoms with Gasteiger partial charge in [-0.15, -0.1) is 0 Å². The number of amides is 1. The average Bonchev–Trinajstić information content (AvgIpc) is 3.45. The lowest BCUT2D eigenvalue weighted by molar-refractivity contribution is -0.141. The third kappa shape index (κ3) is 7.15. The van der Waals surface area contributed by atoms with Crippen LogP contribution in [0.25, 0.3) is 0 Å². The number of benzene rings is 2. The van der Waals surface area contributed by atoms with Crippen LogP contribution in [0.15, 0.2) is 82.4 Å². The largest absolute Gasteiger partial charge is 0.455 e. The van der Waals surface area contributed by atoms with E-state index in [2.05, 4.69) is 14.9 Å². The summed E-state index contributed by atoms with van der Waals surface area (Å²) < 4.78 is 46.9. The first kappa shape index (κ1) is 28.8. The molecule has 0 saturated carbocycles. The van der Waals surface area contributed by atoms with Gasteiger partial charge in [-0.3, -0.25) is 4.79 Å². The summed E-state index contributed by atoms with van der Waals surface area (Å²) in [6, 6.07) is 21.2. The normalized spacial score (nSPS) is 13.9. The van der Waals surface area contributed by atoms with Crippen molar-refractivity contribution >= 4 is 40.8 Å². The Kier molecular flexibility index (Phi) is 8.74. The number of hydrogen-bond acceptors (Lipinski definition) is 7. The third-order valence-corrected chi connectivity index (χ3v) is 7.79. The van der Waals surface area contributed by atoms with Gasteiger partial charge in [-0.25, -0.2) is 9.97 Å².